The molecule has 22 heavy (non-hydrogen) atoms. The molecule has 0 saturated heterocycles. The van der Waals surface area contributed by atoms with E-state index < -0.39 is 36.6 Å². The summed E-state index contributed by atoms with van der Waals surface area (Å²) in [6, 6.07) is 6.63. The van der Waals surface area contributed by atoms with E-state index in [0.29, 0.717) is 11.1 Å². The topological polar surface area (TPSA) is 63.7 Å². The van der Waals surface area contributed by atoms with Gasteiger partial charge in [0, 0.05) is 0 Å². The van der Waals surface area contributed by atoms with Crippen LogP contribution in [0.1, 0.15) is 41.5 Å². The number of hydrogen-bond acceptors (Lipinski definition) is 4. The molecule has 2 rings (SSSR count). The van der Waals surface area contributed by atoms with Gasteiger partial charge in [0.05, 0.1) is 0 Å². The fourth-order valence-electron chi connectivity index (χ4n) is 2.75. The molecule has 1 aromatic rings. The number of benzene rings is 1. The summed E-state index contributed by atoms with van der Waals surface area (Å²) in [4.78, 5) is 37.7. The van der Waals surface area contributed by atoms with Crippen LogP contribution in [0.25, 0.3) is 0 Å². The van der Waals surface area contributed by atoms with Crippen LogP contribution in [0.5, 0.6) is 0 Å². The summed E-state index contributed by atoms with van der Waals surface area (Å²) in [5.41, 5.74) is 0.716. The zero-order valence-corrected chi connectivity index (χ0v) is 16.1. The van der Waals surface area contributed by atoms with Crippen molar-refractivity contribution in [3.05, 3.63) is 35.4 Å². The monoisotopic (exact) mass is 411 g/mol. The Kier molecular flexibility index (Phi) is 5.26. The Balaban J connectivity index is 2.11. The first kappa shape index (κ1) is 17.0. The number of nitrogens with zero attached hydrogens (tertiary/aromatic N) is 1. The summed E-state index contributed by atoms with van der Waals surface area (Å²) in [6.45, 7) is 5.88. The van der Waals surface area contributed by atoms with E-state index in [4.69, 9.17) is 3.07 Å². The molecule has 5 nitrogen and oxygen atoms in total. The van der Waals surface area contributed by atoms with Crippen LogP contribution in [0, 0.1) is 0 Å². The van der Waals surface area contributed by atoms with Crippen LogP contribution in [0.15, 0.2) is 24.3 Å². The van der Waals surface area contributed by atoms with Crippen molar-refractivity contribution in [1.82, 2.24) is 4.90 Å². The van der Waals surface area contributed by atoms with Crippen LogP contribution in [-0.4, -0.2) is 48.0 Å². The SMILES string of the molecule is C[CH2][Sn]([CH2]C)([CH2]C)[O]C(=O)CN1C(=O)c2ccccc2C1=O. The van der Waals surface area contributed by atoms with Gasteiger partial charge < -0.3 is 0 Å². The molecule has 0 N–H and O–H groups in total. The summed E-state index contributed by atoms with van der Waals surface area (Å²) in [5.74, 6) is -1.28. The van der Waals surface area contributed by atoms with Crippen molar-refractivity contribution in [2.24, 2.45) is 0 Å². The number of amides is 2. The second-order valence-electron chi connectivity index (χ2n) is 5.46. The predicted octanol–water partition coefficient (Wildman–Crippen LogP) is 2.83. The summed E-state index contributed by atoms with van der Waals surface area (Å²) >= 11 is -2.87. The Morgan fingerprint density at radius 3 is 1.86 bits per heavy atom. The third-order valence-electron chi connectivity index (χ3n) is 4.43. The molecule has 0 fully saturated rings. The number of carbonyl (C=O) groups is 3. The van der Waals surface area contributed by atoms with Crippen molar-refractivity contribution in [1.29, 1.82) is 0 Å². The normalized spacial score (nSPS) is 14.2. The molecule has 0 atom stereocenters. The van der Waals surface area contributed by atoms with E-state index in [9.17, 15) is 14.4 Å². The molecule has 6 heteroatoms. The molecule has 0 spiro atoms. The number of fused-ring (bicyclic) bond motifs is 1. The van der Waals surface area contributed by atoms with E-state index in [1.807, 2.05) is 0 Å². The molecule has 1 aliphatic rings. The Labute approximate surface area is 135 Å². The molecule has 0 aromatic heterocycles. The van der Waals surface area contributed by atoms with Crippen LogP contribution >= 0.6 is 0 Å². The molecule has 0 radical (unpaired) electrons. The van der Waals surface area contributed by atoms with Crippen molar-refractivity contribution in [2.75, 3.05) is 6.54 Å². The zero-order valence-electron chi connectivity index (χ0n) is 13.2. The number of rotatable bonds is 6. The van der Waals surface area contributed by atoms with Gasteiger partial charge in [0.1, 0.15) is 0 Å². The maximum atomic E-state index is 12.2. The van der Waals surface area contributed by atoms with Crippen LogP contribution in [0.3, 0.4) is 0 Å². The average Bonchev–Trinajstić information content (AvgIpc) is 2.78. The van der Waals surface area contributed by atoms with Crippen molar-refractivity contribution in [2.45, 2.75) is 34.1 Å². The molecular weight excluding hydrogens is 389 g/mol. The fourth-order valence-corrected chi connectivity index (χ4v) is 9.83. The van der Waals surface area contributed by atoms with Crippen molar-refractivity contribution >= 4 is 36.6 Å². The van der Waals surface area contributed by atoms with Gasteiger partial charge in [-0.15, -0.1) is 0 Å². The van der Waals surface area contributed by atoms with Crippen molar-refractivity contribution in [3.8, 4) is 0 Å². The van der Waals surface area contributed by atoms with E-state index in [1.54, 1.807) is 24.3 Å². The zero-order chi connectivity index (χ0) is 16.3. The Bertz CT molecular complexity index is 567. The van der Waals surface area contributed by atoms with E-state index >= 15 is 0 Å². The Hall–Kier alpha value is -1.37. The third kappa shape index (κ3) is 3.04. The van der Waals surface area contributed by atoms with E-state index in [-0.39, 0.29) is 6.54 Å². The summed E-state index contributed by atoms with van der Waals surface area (Å²) in [6.07, 6.45) is 0. The van der Waals surface area contributed by atoms with Crippen LogP contribution < -0.4 is 0 Å². The maximum absolute atomic E-state index is 12.2. The standard InChI is InChI=1S/C10H7NO4.3C2H5.Sn/c12-8(13)5-11-9(14)6-3-1-2-4-7(6)10(11)15;3*1-2;/h1-4H,5H2,(H,12,13);3*1H2,2H3;/q;;;;+1/p-1. The second kappa shape index (κ2) is 6.81. The first-order chi connectivity index (χ1) is 10.5. The summed E-state index contributed by atoms with van der Waals surface area (Å²) in [5, 5.41) is 0. The number of imide groups is 1. The van der Waals surface area contributed by atoms with Gasteiger partial charge >= 0.3 is 135 Å². The molecule has 1 aromatic carbocycles. The minimum absolute atomic E-state index is 0.287. The first-order valence-electron chi connectivity index (χ1n) is 7.65. The predicted molar refractivity (Wildman–Crippen MR) is 85.1 cm³/mol. The van der Waals surface area contributed by atoms with Gasteiger partial charge in [-0.3, -0.25) is 0 Å². The van der Waals surface area contributed by atoms with E-state index in [1.165, 1.54) is 0 Å². The molecule has 0 unspecified atom stereocenters. The van der Waals surface area contributed by atoms with Gasteiger partial charge in [-0.05, 0) is 0 Å². The van der Waals surface area contributed by atoms with Crippen LogP contribution in [0.4, 0.5) is 0 Å². The Morgan fingerprint density at radius 1 is 1.00 bits per heavy atom. The van der Waals surface area contributed by atoms with Gasteiger partial charge in [-0.2, -0.15) is 0 Å². The quantitative estimate of drug-likeness (QED) is 0.535. The number of hydrogen-bond donors (Lipinski definition) is 0. The van der Waals surface area contributed by atoms with Crippen molar-refractivity contribution in [3.63, 3.8) is 0 Å². The Morgan fingerprint density at radius 2 is 1.45 bits per heavy atom. The van der Waals surface area contributed by atoms with Crippen LogP contribution in [-0.2, 0) is 7.87 Å². The minimum atomic E-state index is -2.87. The molecule has 0 aliphatic carbocycles. The molecule has 2 amide bonds. The molecule has 1 aliphatic heterocycles. The fraction of sp³-hybridized carbons (Fsp3) is 0.438. The van der Waals surface area contributed by atoms with E-state index in [0.717, 1.165) is 18.2 Å². The van der Waals surface area contributed by atoms with Gasteiger partial charge in [-0.1, -0.05) is 0 Å². The van der Waals surface area contributed by atoms with Gasteiger partial charge in [0.15, 0.2) is 0 Å². The molecule has 118 valence electrons. The van der Waals surface area contributed by atoms with Crippen LogP contribution in [0.2, 0.25) is 13.3 Å². The summed E-state index contributed by atoms with van der Waals surface area (Å²) in [7, 11) is 0. The number of carbonyl (C=O) groups excluding carboxylic acids is 3. The van der Waals surface area contributed by atoms with Gasteiger partial charge in [0.2, 0.25) is 0 Å². The van der Waals surface area contributed by atoms with Gasteiger partial charge in [0.25, 0.3) is 0 Å². The van der Waals surface area contributed by atoms with E-state index in [2.05, 4.69) is 20.8 Å². The second-order valence-corrected chi connectivity index (χ2v) is 18.8. The third-order valence-corrected chi connectivity index (χ3v) is 17.3. The first-order valence-corrected chi connectivity index (χ1v) is 14.9. The molecule has 0 bridgehead atoms. The molecular formula is C16H21NO4Sn. The molecule has 0 saturated carbocycles. The summed E-state index contributed by atoms with van der Waals surface area (Å²) < 4.78 is 8.50. The van der Waals surface area contributed by atoms with Gasteiger partial charge in [-0.25, -0.2) is 0 Å². The average molecular weight is 410 g/mol. The molecule has 1 heterocycles. The van der Waals surface area contributed by atoms with Crippen molar-refractivity contribution < 1.29 is 17.5 Å².